The SMILES string of the molecule is C=C[C@@H](CCC)Oc1ccc(Cl)cc1. The first-order valence-electron chi connectivity index (χ1n) is 4.81. The van der Waals surface area contributed by atoms with Gasteiger partial charge in [-0.2, -0.15) is 0 Å². The van der Waals surface area contributed by atoms with Crippen LogP contribution in [0.25, 0.3) is 0 Å². The fraction of sp³-hybridized carbons (Fsp3) is 0.333. The van der Waals surface area contributed by atoms with Crippen molar-refractivity contribution in [2.75, 3.05) is 0 Å². The molecule has 0 N–H and O–H groups in total. The molecular formula is C12H15ClO. The summed E-state index contributed by atoms with van der Waals surface area (Å²) in [5, 5.41) is 0.725. The van der Waals surface area contributed by atoms with Crippen molar-refractivity contribution in [2.24, 2.45) is 0 Å². The van der Waals surface area contributed by atoms with Gasteiger partial charge < -0.3 is 4.74 Å². The van der Waals surface area contributed by atoms with Gasteiger partial charge in [-0.3, -0.25) is 0 Å². The molecule has 1 aromatic carbocycles. The lowest BCUT2D eigenvalue weighted by atomic mass is 10.2. The van der Waals surface area contributed by atoms with Crippen molar-refractivity contribution in [1.29, 1.82) is 0 Å². The molecular weight excluding hydrogens is 196 g/mol. The Labute approximate surface area is 90.3 Å². The van der Waals surface area contributed by atoms with Crippen LogP contribution < -0.4 is 4.74 Å². The molecule has 0 heterocycles. The molecule has 1 atom stereocenters. The van der Waals surface area contributed by atoms with Crippen LogP contribution in [0, 0.1) is 0 Å². The number of ether oxygens (including phenoxy) is 1. The number of hydrogen-bond acceptors (Lipinski definition) is 1. The minimum absolute atomic E-state index is 0.0983. The number of rotatable bonds is 5. The van der Waals surface area contributed by atoms with Gasteiger partial charge >= 0.3 is 0 Å². The normalized spacial score (nSPS) is 12.1. The van der Waals surface area contributed by atoms with E-state index in [1.807, 2.05) is 30.3 Å². The fourth-order valence-electron chi connectivity index (χ4n) is 1.20. The first-order valence-corrected chi connectivity index (χ1v) is 5.19. The van der Waals surface area contributed by atoms with Crippen molar-refractivity contribution in [3.8, 4) is 5.75 Å². The summed E-state index contributed by atoms with van der Waals surface area (Å²) in [6, 6.07) is 7.38. The average Bonchev–Trinajstić information content (AvgIpc) is 2.20. The molecule has 0 saturated carbocycles. The molecule has 0 aliphatic heterocycles. The Balaban J connectivity index is 2.57. The molecule has 1 aromatic rings. The summed E-state index contributed by atoms with van der Waals surface area (Å²) in [7, 11) is 0. The molecule has 2 heteroatoms. The van der Waals surface area contributed by atoms with E-state index < -0.39 is 0 Å². The molecule has 14 heavy (non-hydrogen) atoms. The minimum Gasteiger partial charge on any atom is -0.486 e. The predicted octanol–water partition coefficient (Wildman–Crippen LogP) is 4.07. The third kappa shape index (κ3) is 3.43. The first-order chi connectivity index (χ1) is 6.76. The van der Waals surface area contributed by atoms with E-state index in [0.29, 0.717) is 0 Å². The zero-order chi connectivity index (χ0) is 10.4. The van der Waals surface area contributed by atoms with Gasteiger partial charge in [-0.05, 0) is 30.7 Å². The standard InChI is InChI=1S/C12H15ClO/c1-3-5-11(4-2)14-12-8-6-10(13)7-9-12/h4,6-9,11H,2-3,5H2,1H3/t11-/m0/s1. The molecule has 0 unspecified atom stereocenters. The average molecular weight is 211 g/mol. The smallest absolute Gasteiger partial charge is 0.120 e. The minimum atomic E-state index is 0.0983. The van der Waals surface area contributed by atoms with Crippen LogP contribution in [0.2, 0.25) is 5.02 Å². The number of hydrogen-bond donors (Lipinski definition) is 0. The van der Waals surface area contributed by atoms with E-state index in [2.05, 4.69) is 13.5 Å². The van der Waals surface area contributed by atoms with Crippen LogP contribution in [0.3, 0.4) is 0 Å². The van der Waals surface area contributed by atoms with Gasteiger partial charge in [0.25, 0.3) is 0 Å². The second-order valence-electron chi connectivity index (χ2n) is 3.13. The Morgan fingerprint density at radius 3 is 2.57 bits per heavy atom. The van der Waals surface area contributed by atoms with Gasteiger partial charge in [0.15, 0.2) is 0 Å². The van der Waals surface area contributed by atoms with Gasteiger partial charge in [0.1, 0.15) is 11.9 Å². The topological polar surface area (TPSA) is 9.23 Å². The fourth-order valence-corrected chi connectivity index (χ4v) is 1.32. The van der Waals surface area contributed by atoms with Crippen molar-refractivity contribution in [3.05, 3.63) is 41.9 Å². The largest absolute Gasteiger partial charge is 0.486 e. The van der Waals surface area contributed by atoms with Gasteiger partial charge in [-0.1, -0.05) is 37.6 Å². The highest BCUT2D eigenvalue weighted by Gasteiger charge is 2.03. The second kappa shape index (κ2) is 5.71. The Hall–Kier alpha value is -0.950. The Bertz CT molecular complexity index is 279. The van der Waals surface area contributed by atoms with Crippen LogP contribution in [-0.4, -0.2) is 6.10 Å². The molecule has 1 nitrogen and oxygen atoms in total. The molecule has 0 aliphatic rings. The van der Waals surface area contributed by atoms with E-state index in [4.69, 9.17) is 16.3 Å². The molecule has 0 aliphatic carbocycles. The monoisotopic (exact) mass is 210 g/mol. The van der Waals surface area contributed by atoms with Crippen LogP contribution >= 0.6 is 11.6 Å². The van der Waals surface area contributed by atoms with E-state index in [1.165, 1.54) is 0 Å². The molecule has 0 radical (unpaired) electrons. The molecule has 0 saturated heterocycles. The highest BCUT2D eigenvalue weighted by Crippen LogP contribution is 2.18. The molecule has 0 aromatic heterocycles. The maximum Gasteiger partial charge on any atom is 0.120 e. The van der Waals surface area contributed by atoms with Gasteiger partial charge in [0.2, 0.25) is 0 Å². The van der Waals surface area contributed by atoms with E-state index in [1.54, 1.807) is 0 Å². The Morgan fingerprint density at radius 2 is 2.07 bits per heavy atom. The van der Waals surface area contributed by atoms with Gasteiger partial charge in [-0.25, -0.2) is 0 Å². The highest BCUT2D eigenvalue weighted by molar-refractivity contribution is 6.30. The van der Waals surface area contributed by atoms with E-state index in [0.717, 1.165) is 23.6 Å². The highest BCUT2D eigenvalue weighted by atomic mass is 35.5. The van der Waals surface area contributed by atoms with Gasteiger partial charge in [0, 0.05) is 5.02 Å². The second-order valence-corrected chi connectivity index (χ2v) is 3.57. The number of halogens is 1. The van der Waals surface area contributed by atoms with E-state index in [-0.39, 0.29) is 6.10 Å². The molecule has 0 spiro atoms. The summed E-state index contributed by atoms with van der Waals surface area (Å²) in [4.78, 5) is 0. The van der Waals surface area contributed by atoms with Crippen molar-refractivity contribution >= 4 is 11.6 Å². The van der Waals surface area contributed by atoms with Crippen LogP contribution in [-0.2, 0) is 0 Å². The summed E-state index contributed by atoms with van der Waals surface area (Å²) >= 11 is 5.77. The van der Waals surface area contributed by atoms with Crippen LogP contribution in [0.5, 0.6) is 5.75 Å². The Kier molecular flexibility index (Phi) is 4.54. The molecule has 1 rings (SSSR count). The van der Waals surface area contributed by atoms with Gasteiger partial charge in [-0.15, -0.1) is 0 Å². The maximum atomic E-state index is 5.77. The third-order valence-electron chi connectivity index (χ3n) is 1.94. The van der Waals surface area contributed by atoms with Crippen molar-refractivity contribution in [1.82, 2.24) is 0 Å². The van der Waals surface area contributed by atoms with Crippen molar-refractivity contribution in [3.63, 3.8) is 0 Å². The van der Waals surface area contributed by atoms with Crippen LogP contribution in [0.15, 0.2) is 36.9 Å². The Morgan fingerprint density at radius 1 is 1.43 bits per heavy atom. The third-order valence-corrected chi connectivity index (χ3v) is 2.19. The summed E-state index contributed by atoms with van der Waals surface area (Å²) in [5.41, 5.74) is 0. The van der Waals surface area contributed by atoms with E-state index in [9.17, 15) is 0 Å². The molecule has 76 valence electrons. The number of benzene rings is 1. The molecule has 0 amide bonds. The quantitative estimate of drug-likeness (QED) is 0.666. The predicted molar refractivity (Wildman–Crippen MR) is 61.0 cm³/mol. The lowest BCUT2D eigenvalue weighted by Gasteiger charge is -2.14. The maximum absolute atomic E-state index is 5.77. The van der Waals surface area contributed by atoms with Crippen molar-refractivity contribution in [2.45, 2.75) is 25.9 Å². The summed E-state index contributed by atoms with van der Waals surface area (Å²) in [6.45, 7) is 5.87. The lowest BCUT2D eigenvalue weighted by Crippen LogP contribution is -2.12. The lowest BCUT2D eigenvalue weighted by molar-refractivity contribution is 0.238. The zero-order valence-corrected chi connectivity index (χ0v) is 9.13. The van der Waals surface area contributed by atoms with Gasteiger partial charge in [0.05, 0.1) is 0 Å². The summed E-state index contributed by atoms with van der Waals surface area (Å²) in [5.74, 6) is 0.841. The van der Waals surface area contributed by atoms with E-state index >= 15 is 0 Å². The van der Waals surface area contributed by atoms with Crippen LogP contribution in [0.1, 0.15) is 19.8 Å². The summed E-state index contributed by atoms with van der Waals surface area (Å²) in [6.07, 6.45) is 4.01. The van der Waals surface area contributed by atoms with Crippen LogP contribution in [0.4, 0.5) is 0 Å². The first kappa shape index (κ1) is 11.1. The molecule has 0 bridgehead atoms. The molecule has 0 fully saturated rings. The summed E-state index contributed by atoms with van der Waals surface area (Å²) < 4.78 is 5.68. The zero-order valence-electron chi connectivity index (χ0n) is 8.37. The van der Waals surface area contributed by atoms with Crippen molar-refractivity contribution < 1.29 is 4.74 Å².